The Balaban J connectivity index is 1.82. The lowest BCUT2D eigenvalue weighted by molar-refractivity contribution is -0.133. The Hall–Kier alpha value is -0.610. The molecule has 1 heterocycles. The van der Waals surface area contributed by atoms with Crippen molar-refractivity contribution in [1.82, 2.24) is 10.2 Å². The van der Waals surface area contributed by atoms with E-state index in [4.69, 9.17) is 4.74 Å². The zero-order valence-corrected chi connectivity index (χ0v) is 13.6. The van der Waals surface area contributed by atoms with Gasteiger partial charge in [-0.15, -0.1) is 0 Å². The van der Waals surface area contributed by atoms with Crippen molar-refractivity contribution >= 4 is 5.91 Å². The van der Waals surface area contributed by atoms with E-state index in [1.54, 1.807) is 7.11 Å². The average molecular weight is 296 g/mol. The van der Waals surface area contributed by atoms with Crippen LogP contribution in [0.3, 0.4) is 0 Å². The van der Waals surface area contributed by atoms with Crippen LogP contribution in [0.1, 0.15) is 57.8 Å². The number of hydrogen-bond acceptors (Lipinski definition) is 3. The number of hydrogen-bond donors (Lipinski definition) is 1. The van der Waals surface area contributed by atoms with Crippen LogP contribution in [-0.4, -0.2) is 50.2 Å². The molecule has 1 aliphatic heterocycles. The van der Waals surface area contributed by atoms with E-state index in [1.165, 1.54) is 51.4 Å². The molecule has 4 nitrogen and oxygen atoms in total. The van der Waals surface area contributed by atoms with Gasteiger partial charge in [-0.3, -0.25) is 4.79 Å². The summed E-state index contributed by atoms with van der Waals surface area (Å²) in [6.07, 6.45) is 11.0. The molecule has 0 aromatic rings. The lowest BCUT2D eigenvalue weighted by Gasteiger charge is -2.27. The first-order chi connectivity index (χ1) is 10.3. The molecule has 4 heteroatoms. The zero-order valence-electron chi connectivity index (χ0n) is 13.6. The van der Waals surface area contributed by atoms with Crippen molar-refractivity contribution in [2.45, 2.75) is 63.8 Å². The fourth-order valence-electron chi connectivity index (χ4n) is 3.64. The van der Waals surface area contributed by atoms with Crippen LogP contribution in [-0.2, 0) is 9.53 Å². The maximum atomic E-state index is 12.7. The largest absolute Gasteiger partial charge is 0.383 e. The van der Waals surface area contributed by atoms with E-state index < -0.39 is 0 Å². The third-order valence-electron chi connectivity index (χ3n) is 4.96. The van der Waals surface area contributed by atoms with Gasteiger partial charge in [-0.1, -0.05) is 25.7 Å². The van der Waals surface area contributed by atoms with Gasteiger partial charge in [-0.2, -0.15) is 0 Å². The van der Waals surface area contributed by atoms with E-state index in [9.17, 15) is 4.79 Å². The van der Waals surface area contributed by atoms with E-state index >= 15 is 0 Å². The predicted molar refractivity (Wildman–Crippen MR) is 85.3 cm³/mol. The van der Waals surface area contributed by atoms with E-state index in [0.29, 0.717) is 24.5 Å². The monoisotopic (exact) mass is 296 g/mol. The summed E-state index contributed by atoms with van der Waals surface area (Å²) in [4.78, 5) is 14.7. The number of rotatable bonds is 7. The molecular formula is C17H32N2O2. The zero-order chi connectivity index (χ0) is 14.9. The molecule has 0 spiro atoms. The normalized spacial score (nSPS) is 24.0. The number of carbonyl (C=O) groups is 1. The van der Waals surface area contributed by atoms with Gasteiger partial charge in [0.1, 0.15) is 0 Å². The molecule has 1 amide bonds. The van der Waals surface area contributed by atoms with Crippen LogP contribution in [0.2, 0.25) is 0 Å². The molecule has 2 rings (SSSR count). The van der Waals surface area contributed by atoms with Crippen molar-refractivity contribution in [3.05, 3.63) is 0 Å². The predicted octanol–water partition coefficient (Wildman–Crippen LogP) is 2.57. The number of nitrogens with one attached hydrogen (secondary N) is 1. The van der Waals surface area contributed by atoms with Crippen LogP contribution >= 0.6 is 0 Å². The second-order valence-electron chi connectivity index (χ2n) is 6.69. The minimum absolute atomic E-state index is 0.340. The van der Waals surface area contributed by atoms with Gasteiger partial charge in [0.05, 0.1) is 6.61 Å². The van der Waals surface area contributed by atoms with Gasteiger partial charge in [0.25, 0.3) is 0 Å². The Morgan fingerprint density at radius 3 is 2.52 bits per heavy atom. The van der Waals surface area contributed by atoms with Crippen molar-refractivity contribution in [1.29, 1.82) is 0 Å². The average Bonchev–Trinajstić information content (AvgIpc) is 2.86. The molecule has 2 fully saturated rings. The maximum Gasteiger partial charge on any atom is 0.222 e. The van der Waals surface area contributed by atoms with E-state index in [-0.39, 0.29) is 0 Å². The summed E-state index contributed by atoms with van der Waals surface area (Å²) in [5.74, 6) is 0.953. The van der Waals surface area contributed by atoms with Crippen molar-refractivity contribution in [2.75, 3.05) is 33.4 Å². The minimum atomic E-state index is 0.340. The topological polar surface area (TPSA) is 41.6 Å². The molecule has 1 saturated heterocycles. The second-order valence-corrected chi connectivity index (χ2v) is 6.69. The smallest absolute Gasteiger partial charge is 0.222 e. The van der Waals surface area contributed by atoms with Crippen LogP contribution in [0.15, 0.2) is 0 Å². The molecule has 2 aliphatic rings. The summed E-state index contributed by atoms with van der Waals surface area (Å²) >= 11 is 0. The van der Waals surface area contributed by atoms with Crippen LogP contribution < -0.4 is 5.32 Å². The summed E-state index contributed by atoms with van der Waals surface area (Å²) in [6, 6.07) is 0.486. The molecule has 122 valence electrons. The minimum Gasteiger partial charge on any atom is -0.383 e. The maximum absolute atomic E-state index is 12.7. The number of carbonyl (C=O) groups excluding carboxylic acids is 1. The molecule has 1 N–H and O–H groups in total. The summed E-state index contributed by atoms with van der Waals surface area (Å²) in [7, 11) is 1.71. The lowest BCUT2D eigenvalue weighted by Crippen LogP contribution is -2.43. The second kappa shape index (κ2) is 9.42. The third kappa shape index (κ3) is 5.95. The highest BCUT2D eigenvalue weighted by Gasteiger charge is 2.24. The Labute approximate surface area is 129 Å². The van der Waals surface area contributed by atoms with Gasteiger partial charge in [0, 0.05) is 32.7 Å². The first kappa shape index (κ1) is 16.8. The molecule has 0 aromatic heterocycles. The van der Waals surface area contributed by atoms with Crippen molar-refractivity contribution in [2.24, 2.45) is 5.92 Å². The number of amides is 1. The van der Waals surface area contributed by atoms with Gasteiger partial charge in [0.15, 0.2) is 0 Å². The van der Waals surface area contributed by atoms with Gasteiger partial charge in [-0.25, -0.2) is 0 Å². The standard InChI is InChI=1S/C17H32N2O2/c1-21-12-11-19(14-16-9-6-10-18-16)17(20)13-15-7-4-2-3-5-8-15/h15-16,18H,2-14H2,1H3. The Kier molecular flexibility index (Phi) is 7.51. The molecule has 21 heavy (non-hydrogen) atoms. The van der Waals surface area contributed by atoms with Gasteiger partial charge < -0.3 is 15.0 Å². The molecule has 0 aromatic carbocycles. The van der Waals surface area contributed by atoms with Gasteiger partial charge in [-0.05, 0) is 38.1 Å². The van der Waals surface area contributed by atoms with Crippen LogP contribution in [0.25, 0.3) is 0 Å². The van der Waals surface area contributed by atoms with E-state index in [0.717, 1.165) is 26.1 Å². The van der Waals surface area contributed by atoms with Gasteiger partial charge in [0.2, 0.25) is 5.91 Å². The first-order valence-electron chi connectivity index (χ1n) is 8.79. The molecule has 1 aliphatic carbocycles. The van der Waals surface area contributed by atoms with Crippen molar-refractivity contribution in [3.63, 3.8) is 0 Å². The molecular weight excluding hydrogens is 264 g/mol. The summed E-state index contributed by atoms with van der Waals surface area (Å²) in [5.41, 5.74) is 0. The van der Waals surface area contributed by atoms with E-state index in [2.05, 4.69) is 5.32 Å². The molecule has 1 atom stereocenters. The number of ether oxygens (including phenoxy) is 1. The van der Waals surface area contributed by atoms with Crippen LogP contribution in [0.4, 0.5) is 0 Å². The highest BCUT2D eigenvalue weighted by Crippen LogP contribution is 2.26. The summed E-state index contributed by atoms with van der Waals surface area (Å²) < 4.78 is 5.18. The van der Waals surface area contributed by atoms with E-state index in [1.807, 2.05) is 4.90 Å². The quantitative estimate of drug-likeness (QED) is 0.734. The first-order valence-corrected chi connectivity index (χ1v) is 8.79. The fourth-order valence-corrected chi connectivity index (χ4v) is 3.64. The molecule has 1 unspecified atom stereocenters. The third-order valence-corrected chi connectivity index (χ3v) is 4.96. The number of nitrogens with zero attached hydrogens (tertiary/aromatic N) is 1. The lowest BCUT2D eigenvalue weighted by atomic mass is 9.96. The molecule has 0 radical (unpaired) electrons. The Morgan fingerprint density at radius 2 is 1.90 bits per heavy atom. The Morgan fingerprint density at radius 1 is 1.14 bits per heavy atom. The Bertz CT molecular complexity index is 295. The SMILES string of the molecule is COCCN(CC1CCCN1)C(=O)CC1CCCCCC1. The molecule has 0 bridgehead atoms. The van der Waals surface area contributed by atoms with Crippen LogP contribution in [0, 0.1) is 5.92 Å². The van der Waals surface area contributed by atoms with Crippen molar-refractivity contribution < 1.29 is 9.53 Å². The van der Waals surface area contributed by atoms with Gasteiger partial charge >= 0.3 is 0 Å². The highest BCUT2D eigenvalue weighted by molar-refractivity contribution is 5.76. The van der Waals surface area contributed by atoms with Crippen molar-refractivity contribution in [3.8, 4) is 0 Å². The molecule has 1 saturated carbocycles. The summed E-state index contributed by atoms with van der Waals surface area (Å²) in [5, 5.41) is 3.50. The number of methoxy groups -OCH3 is 1. The fraction of sp³-hybridized carbons (Fsp3) is 0.941. The van der Waals surface area contributed by atoms with Crippen LogP contribution in [0.5, 0.6) is 0 Å². The highest BCUT2D eigenvalue weighted by atomic mass is 16.5. The summed E-state index contributed by atoms with van der Waals surface area (Å²) in [6.45, 7) is 3.33.